The second-order valence-corrected chi connectivity index (χ2v) is 6.92. The summed E-state index contributed by atoms with van der Waals surface area (Å²) in [6.45, 7) is 2.89. The molecular weight excluding hydrogens is 348 g/mol. The van der Waals surface area contributed by atoms with Crippen LogP contribution in [0.25, 0.3) is 10.2 Å². The van der Waals surface area contributed by atoms with Gasteiger partial charge in [0.25, 0.3) is 0 Å². The number of hydrogen-bond donors (Lipinski definition) is 2. The molecule has 26 heavy (non-hydrogen) atoms. The molecule has 6 nitrogen and oxygen atoms in total. The van der Waals surface area contributed by atoms with Crippen molar-refractivity contribution in [1.82, 2.24) is 15.3 Å². The number of benzene rings is 1. The van der Waals surface area contributed by atoms with Crippen molar-refractivity contribution >= 4 is 33.3 Å². The van der Waals surface area contributed by atoms with Crippen LogP contribution in [0.15, 0.2) is 36.7 Å². The maximum Gasteiger partial charge on any atom is 0.239 e. The number of ether oxygens (including phenoxy) is 1. The zero-order valence-electron chi connectivity index (χ0n) is 14.9. The van der Waals surface area contributed by atoms with E-state index in [0.717, 1.165) is 34.4 Å². The van der Waals surface area contributed by atoms with Crippen LogP contribution < -0.4 is 15.4 Å². The number of aryl methyl sites for hydroxylation is 1. The topological polar surface area (TPSA) is 76.1 Å². The van der Waals surface area contributed by atoms with Crippen molar-refractivity contribution in [2.45, 2.75) is 19.8 Å². The first-order chi connectivity index (χ1) is 12.7. The smallest absolute Gasteiger partial charge is 0.239 e. The number of nitrogens with one attached hydrogen (secondary N) is 2. The van der Waals surface area contributed by atoms with E-state index in [0.29, 0.717) is 12.4 Å². The third-order valence-electron chi connectivity index (χ3n) is 4.04. The summed E-state index contributed by atoms with van der Waals surface area (Å²) >= 11 is 1.66. The molecule has 0 fully saturated rings. The molecule has 0 bridgehead atoms. The van der Waals surface area contributed by atoms with Gasteiger partial charge in [0.15, 0.2) is 0 Å². The SMILES string of the molecule is CCc1cc2c(NCC(=O)NCCc3ccc(OC)cc3)ncnc2s1. The number of thiophene rings is 1. The molecule has 2 heterocycles. The maximum absolute atomic E-state index is 12.1. The average molecular weight is 370 g/mol. The van der Waals surface area contributed by atoms with E-state index >= 15 is 0 Å². The van der Waals surface area contributed by atoms with Crippen LogP contribution in [0.1, 0.15) is 17.4 Å². The Morgan fingerprint density at radius 2 is 2.04 bits per heavy atom. The van der Waals surface area contributed by atoms with Crippen molar-refractivity contribution in [3.05, 3.63) is 47.1 Å². The fourth-order valence-corrected chi connectivity index (χ4v) is 3.52. The van der Waals surface area contributed by atoms with Crippen LogP contribution in [-0.2, 0) is 17.6 Å². The van der Waals surface area contributed by atoms with E-state index in [1.165, 1.54) is 11.2 Å². The standard InChI is InChI=1S/C19H22N4O2S/c1-3-15-10-16-18(22-12-23-19(16)26-15)21-11-17(24)20-9-8-13-4-6-14(25-2)7-5-13/h4-7,10,12H,3,8-9,11H2,1-2H3,(H,20,24)(H,21,22,23). The molecule has 1 aromatic carbocycles. The molecule has 0 aliphatic heterocycles. The summed E-state index contributed by atoms with van der Waals surface area (Å²) in [7, 11) is 1.65. The first kappa shape index (κ1) is 18.1. The number of amides is 1. The highest BCUT2D eigenvalue weighted by atomic mass is 32.1. The minimum atomic E-state index is -0.0591. The minimum absolute atomic E-state index is 0.0591. The Kier molecular flexibility index (Phi) is 6.01. The third kappa shape index (κ3) is 4.49. The van der Waals surface area contributed by atoms with Crippen molar-refractivity contribution in [3.63, 3.8) is 0 Å². The summed E-state index contributed by atoms with van der Waals surface area (Å²) in [5.74, 6) is 1.48. The summed E-state index contributed by atoms with van der Waals surface area (Å²) in [6, 6.07) is 9.93. The third-order valence-corrected chi connectivity index (χ3v) is 5.23. The Labute approximate surface area is 156 Å². The van der Waals surface area contributed by atoms with Gasteiger partial charge in [0.1, 0.15) is 22.7 Å². The summed E-state index contributed by atoms with van der Waals surface area (Å²) in [5.41, 5.74) is 1.15. The largest absolute Gasteiger partial charge is 0.497 e. The second-order valence-electron chi connectivity index (χ2n) is 5.81. The molecular formula is C19H22N4O2S. The van der Waals surface area contributed by atoms with Crippen molar-refractivity contribution in [2.75, 3.05) is 25.5 Å². The monoisotopic (exact) mass is 370 g/mol. The van der Waals surface area contributed by atoms with Gasteiger partial charge in [-0.3, -0.25) is 4.79 Å². The highest BCUT2D eigenvalue weighted by molar-refractivity contribution is 7.18. The lowest BCUT2D eigenvalue weighted by Gasteiger charge is -2.08. The predicted molar refractivity (Wildman–Crippen MR) is 105 cm³/mol. The van der Waals surface area contributed by atoms with E-state index < -0.39 is 0 Å². The molecule has 3 rings (SSSR count). The summed E-state index contributed by atoms with van der Waals surface area (Å²) in [5, 5.41) is 7.01. The van der Waals surface area contributed by atoms with Gasteiger partial charge in [-0.1, -0.05) is 19.1 Å². The molecule has 0 spiro atoms. The lowest BCUT2D eigenvalue weighted by Crippen LogP contribution is -2.31. The maximum atomic E-state index is 12.1. The molecule has 0 aliphatic carbocycles. The highest BCUT2D eigenvalue weighted by Crippen LogP contribution is 2.28. The van der Waals surface area contributed by atoms with Crippen molar-refractivity contribution in [1.29, 1.82) is 0 Å². The molecule has 0 unspecified atom stereocenters. The van der Waals surface area contributed by atoms with Gasteiger partial charge in [-0.2, -0.15) is 0 Å². The molecule has 2 aromatic heterocycles. The number of aromatic nitrogens is 2. The molecule has 7 heteroatoms. The van der Waals surface area contributed by atoms with Gasteiger partial charge in [0.05, 0.1) is 19.0 Å². The molecule has 0 atom stereocenters. The van der Waals surface area contributed by atoms with Gasteiger partial charge in [-0.05, 0) is 36.6 Å². The Morgan fingerprint density at radius 1 is 1.23 bits per heavy atom. The second kappa shape index (κ2) is 8.62. The Hall–Kier alpha value is -2.67. The first-order valence-electron chi connectivity index (χ1n) is 8.56. The van der Waals surface area contributed by atoms with Gasteiger partial charge in [0, 0.05) is 11.4 Å². The van der Waals surface area contributed by atoms with E-state index in [2.05, 4.69) is 33.6 Å². The molecule has 0 saturated carbocycles. The van der Waals surface area contributed by atoms with Crippen LogP contribution >= 0.6 is 11.3 Å². The zero-order valence-corrected chi connectivity index (χ0v) is 15.7. The van der Waals surface area contributed by atoms with Gasteiger partial charge in [0.2, 0.25) is 5.91 Å². The van der Waals surface area contributed by atoms with Gasteiger partial charge < -0.3 is 15.4 Å². The lowest BCUT2D eigenvalue weighted by atomic mass is 10.1. The molecule has 0 aliphatic rings. The van der Waals surface area contributed by atoms with E-state index in [1.54, 1.807) is 18.4 Å². The van der Waals surface area contributed by atoms with Crippen molar-refractivity contribution in [3.8, 4) is 5.75 Å². The Bertz CT molecular complexity index is 877. The van der Waals surface area contributed by atoms with Crippen LogP contribution in [-0.4, -0.2) is 36.1 Å². The van der Waals surface area contributed by atoms with Crippen LogP contribution in [0.5, 0.6) is 5.75 Å². The number of methoxy groups -OCH3 is 1. The number of nitrogens with zero attached hydrogens (tertiary/aromatic N) is 2. The number of rotatable bonds is 8. The highest BCUT2D eigenvalue weighted by Gasteiger charge is 2.09. The van der Waals surface area contributed by atoms with Crippen molar-refractivity contribution < 1.29 is 9.53 Å². The van der Waals surface area contributed by atoms with Crippen LogP contribution in [0.3, 0.4) is 0 Å². The van der Waals surface area contributed by atoms with E-state index in [-0.39, 0.29) is 12.5 Å². The normalized spacial score (nSPS) is 10.7. The molecule has 2 N–H and O–H groups in total. The average Bonchev–Trinajstić information content (AvgIpc) is 3.11. The summed E-state index contributed by atoms with van der Waals surface area (Å²) < 4.78 is 5.14. The summed E-state index contributed by atoms with van der Waals surface area (Å²) in [4.78, 5) is 22.8. The fraction of sp³-hybridized carbons (Fsp3) is 0.316. The Morgan fingerprint density at radius 3 is 2.77 bits per heavy atom. The summed E-state index contributed by atoms with van der Waals surface area (Å²) in [6.07, 6.45) is 3.27. The molecule has 136 valence electrons. The predicted octanol–water partition coefficient (Wildman–Crippen LogP) is 3.03. The lowest BCUT2D eigenvalue weighted by molar-refractivity contribution is -0.119. The van der Waals surface area contributed by atoms with Crippen LogP contribution in [0.2, 0.25) is 0 Å². The fourth-order valence-electron chi connectivity index (χ4n) is 2.59. The molecule has 0 saturated heterocycles. The van der Waals surface area contributed by atoms with E-state index in [9.17, 15) is 4.79 Å². The number of fused-ring (bicyclic) bond motifs is 1. The number of carbonyl (C=O) groups is 1. The van der Waals surface area contributed by atoms with E-state index in [1.807, 2.05) is 24.3 Å². The van der Waals surface area contributed by atoms with Crippen LogP contribution in [0, 0.1) is 0 Å². The van der Waals surface area contributed by atoms with Gasteiger partial charge in [-0.25, -0.2) is 9.97 Å². The van der Waals surface area contributed by atoms with Crippen molar-refractivity contribution in [2.24, 2.45) is 0 Å². The van der Waals surface area contributed by atoms with Gasteiger partial charge in [-0.15, -0.1) is 11.3 Å². The zero-order chi connectivity index (χ0) is 18.4. The van der Waals surface area contributed by atoms with Crippen LogP contribution in [0.4, 0.5) is 5.82 Å². The molecule has 3 aromatic rings. The minimum Gasteiger partial charge on any atom is -0.497 e. The van der Waals surface area contributed by atoms with E-state index in [4.69, 9.17) is 4.74 Å². The van der Waals surface area contributed by atoms with Gasteiger partial charge >= 0.3 is 0 Å². The Balaban J connectivity index is 1.48. The molecule has 0 radical (unpaired) electrons. The number of anilines is 1. The number of carbonyl (C=O) groups excluding carboxylic acids is 1. The quantitative estimate of drug-likeness (QED) is 0.637. The first-order valence-corrected chi connectivity index (χ1v) is 9.38. The number of hydrogen-bond acceptors (Lipinski definition) is 6. The molecule has 1 amide bonds.